The Morgan fingerprint density at radius 2 is 1.58 bits per heavy atom. The molecule has 2 aliphatic carbocycles. The van der Waals surface area contributed by atoms with E-state index in [0.717, 1.165) is 5.57 Å². The molecule has 10 nitrogen and oxygen atoms in total. The van der Waals surface area contributed by atoms with Crippen LogP contribution in [0.15, 0.2) is 11.6 Å². The molecule has 3 aliphatic rings. The van der Waals surface area contributed by atoms with Crippen LogP contribution in [0.25, 0.3) is 0 Å². The Balaban J connectivity index is 2.36. The van der Waals surface area contributed by atoms with Gasteiger partial charge in [-0.05, 0) is 38.7 Å². The molecule has 10 atom stereocenters. The van der Waals surface area contributed by atoms with Gasteiger partial charge in [0.15, 0.2) is 11.7 Å². The number of fused-ring (bicyclic) bond motifs is 2. The molecule has 2 fully saturated rings. The summed E-state index contributed by atoms with van der Waals surface area (Å²) in [6, 6.07) is 0. The topological polar surface area (TPSA) is 146 Å². The minimum Gasteiger partial charge on any atom is -0.462 e. The van der Waals surface area contributed by atoms with Crippen LogP contribution in [0.3, 0.4) is 0 Å². The number of aliphatic hydroxyl groups is 2. The molecule has 2 N–H and O–H groups in total. The van der Waals surface area contributed by atoms with Crippen molar-refractivity contribution < 1.29 is 48.3 Å². The molecule has 0 amide bonds. The van der Waals surface area contributed by atoms with Crippen molar-refractivity contribution in [2.45, 2.75) is 104 Å². The Bertz CT molecular complexity index is 943. The van der Waals surface area contributed by atoms with E-state index in [2.05, 4.69) is 0 Å². The highest BCUT2D eigenvalue weighted by molar-refractivity contribution is 5.77. The summed E-state index contributed by atoms with van der Waals surface area (Å²) in [6.45, 7) is 10.5. The number of hydrogen-bond donors (Lipinski definition) is 2. The van der Waals surface area contributed by atoms with E-state index >= 15 is 0 Å². The van der Waals surface area contributed by atoms with Crippen LogP contribution in [0.1, 0.15) is 67.7 Å². The smallest absolute Gasteiger partial charge is 0.312 e. The van der Waals surface area contributed by atoms with Gasteiger partial charge in [0.05, 0.1) is 12.0 Å². The molecule has 1 saturated carbocycles. The Kier molecular flexibility index (Phi) is 7.91. The minimum absolute atomic E-state index is 0.0555. The van der Waals surface area contributed by atoms with E-state index in [-0.39, 0.29) is 6.42 Å². The lowest BCUT2D eigenvalue weighted by Crippen LogP contribution is -2.68. The Morgan fingerprint density at radius 3 is 2.14 bits per heavy atom. The van der Waals surface area contributed by atoms with E-state index in [4.69, 9.17) is 18.9 Å². The summed E-state index contributed by atoms with van der Waals surface area (Å²) in [6.07, 6.45) is -2.79. The van der Waals surface area contributed by atoms with Crippen LogP contribution in [0.5, 0.6) is 0 Å². The van der Waals surface area contributed by atoms with Crippen molar-refractivity contribution in [1.82, 2.24) is 0 Å². The van der Waals surface area contributed by atoms with Crippen LogP contribution < -0.4 is 0 Å². The van der Waals surface area contributed by atoms with Gasteiger partial charge >= 0.3 is 23.9 Å². The standard InChI is InChI=1S/C26H38O10/c1-12-8-9-19(33-15(4)27)25(7)20(34-16(5)28)11-18(30)13(2)22(25)23(35-17(6)29)26(32)14(3)24(31)36-21(26)10-12/h10,13-14,18-23,30,32H,8-9,11H2,1-7H3/b12-10-/t13-,14-,18+,19-,20-,21-,22+,23?,25-,26+/m0/s1. The first-order valence-corrected chi connectivity index (χ1v) is 12.4. The summed E-state index contributed by atoms with van der Waals surface area (Å²) >= 11 is 0. The molecule has 0 aromatic heterocycles. The van der Waals surface area contributed by atoms with Crippen LogP contribution in [0, 0.1) is 23.2 Å². The summed E-state index contributed by atoms with van der Waals surface area (Å²) in [4.78, 5) is 49.6. The van der Waals surface area contributed by atoms with Gasteiger partial charge in [-0.25, -0.2) is 0 Å². The maximum absolute atomic E-state index is 12.7. The second kappa shape index (κ2) is 10.1. The maximum atomic E-state index is 12.7. The third kappa shape index (κ3) is 4.77. The number of hydrogen-bond acceptors (Lipinski definition) is 10. The lowest BCUT2D eigenvalue weighted by molar-refractivity contribution is -0.250. The van der Waals surface area contributed by atoms with Crippen molar-refractivity contribution in [3.05, 3.63) is 11.6 Å². The van der Waals surface area contributed by atoms with E-state index in [1.807, 2.05) is 0 Å². The fourth-order valence-corrected chi connectivity index (χ4v) is 6.47. The second-order valence-electron chi connectivity index (χ2n) is 10.8. The fraction of sp³-hybridized carbons (Fsp3) is 0.769. The van der Waals surface area contributed by atoms with Crippen molar-refractivity contribution in [2.24, 2.45) is 23.2 Å². The normalized spacial score (nSPS) is 44.1. The fourth-order valence-electron chi connectivity index (χ4n) is 6.47. The molecule has 0 bridgehead atoms. The molecule has 0 aromatic carbocycles. The van der Waals surface area contributed by atoms with Gasteiger partial charge in [0, 0.05) is 38.5 Å². The average molecular weight is 511 g/mol. The number of carbonyl (C=O) groups is 4. The van der Waals surface area contributed by atoms with Gasteiger partial charge in [-0.3, -0.25) is 19.2 Å². The average Bonchev–Trinajstić information content (AvgIpc) is 2.97. The molecule has 0 spiro atoms. The molecule has 10 heteroatoms. The highest BCUT2D eigenvalue weighted by Gasteiger charge is 2.68. The van der Waals surface area contributed by atoms with Crippen molar-refractivity contribution in [1.29, 1.82) is 0 Å². The zero-order valence-corrected chi connectivity index (χ0v) is 22.0. The van der Waals surface area contributed by atoms with Gasteiger partial charge in [0.1, 0.15) is 18.3 Å². The first-order chi connectivity index (χ1) is 16.6. The molecular weight excluding hydrogens is 472 g/mol. The summed E-state index contributed by atoms with van der Waals surface area (Å²) < 4.78 is 22.9. The van der Waals surface area contributed by atoms with Crippen LogP contribution in [-0.4, -0.2) is 70.2 Å². The van der Waals surface area contributed by atoms with Crippen LogP contribution in [0.2, 0.25) is 0 Å². The SMILES string of the molecule is CC(=O)OC1[C@H]2[C@@H](C)[C@H](O)C[C@H](OC(C)=O)[C@]2(C)[C@@H](OC(C)=O)CC/C(C)=C\[C@@H]2OC(=O)[C@H](C)[C@]12O. The highest BCUT2D eigenvalue weighted by atomic mass is 16.6. The predicted molar refractivity (Wildman–Crippen MR) is 125 cm³/mol. The van der Waals surface area contributed by atoms with Crippen molar-refractivity contribution in [3.63, 3.8) is 0 Å². The minimum atomic E-state index is -2.00. The molecule has 0 radical (unpaired) electrons. The van der Waals surface area contributed by atoms with E-state index in [1.165, 1.54) is 27.7 Å². The van der Waals surface area contributed by atoms with Gasteiger partial charge in [-0.2, -0.15) is 0 Å². The molecule has 3 rings (SSSR count). The monoisotopic (exact) mass is 510 g/mol. The zero-order chi connectivity index (χ0) is 27.2. The van der Waals surface area contributed by atoms with Crippen molar-refractivity contribution >= 4 is 23.9 Å². The van der Waals surface area contributed by atoms with Crippen LogP contribution >= 0.6 is 0 Å². The number of aliphatic hydroxyl groups excluding tert-OH is 1. The number of ether oxygens (including phenoxy) is 4. The van der Waals surface area contributed by atoms with Crippen molar-refractivity contribution in [2.75, 3.05) is 0 Å². The molecule has 1 saturated heterocycles. The second-order valence-corrected chi connectivity index (χ2v) is 10.8. The van der Waals surface area contributed by atoms with Gasteiger partial charge < -0.3 is 29.2 Å². The van der Waals surface area contributed by atoms with Gasteiger partial charge in [-0.1, -0.05) is 19.4 Å². The lowest BCUT2D eigenvalue weighted by atomic mass is 9.52. The lowest BCUT2D eigenvalue weighted by Gasteiger charge is -2.58. The van der Waals surface area contributed by atoms with E-state index in [9.17, 15) is 29.4 Å². The first kappa shape index (κ1) is 28.1. The number of rotatable bonds is 3. The molecule has 1 aliphatic heterocycles. The molecule has 1 heterocycles. The zero-order valence-electron chi connectivity index (χ0n) is 22.0. The van der Waals surface area contributed by atoms with Gasteiger partial charge in [0.2, 0.25) is 0 Å². The third-order valence-electron chi connectivity index (χ3n) is 8.41. The Morgan fingerprint density at radius 1 is 1.03 bits per heavy atom. The number of esters is 4. The molecule has 0 aromatic rings. The van der Waals surface area contributed by atoms with Gasteiger partial charge in [0.25, 0.3) is 0 Å². The predicted octanol–water partition coefficient (Wildman–Crippen LogP) is 1.84. The van der Waals surface area contributed by atoms with E-state index in [1.54, 1.807) is 26.8 Å². The van der Waals surface area contributed by atoms with Crippen LogP contribution in [0.4, 0.5) is 0 Å². The summed E-state index contributed by atoms with van der Waals surface area (Å²) in [5.41, 5.74) is -2.44. The summed E-state index contributed by atoms with van der Waals surface area (Å²) in [7, 11) is 0. The van der Waals surface area contributed by atoms with Crippen molar-refractivity contribution in [3.8, 4) is 0 Å². The third-order valence-corrected chi connectivity index (χ3v) is 8.41. The quantitative estimate of drug-likeness (QED) is 0.328. The highest BCUT2D eigenvalue weighted by Crippen LogP contribution is 2.56. The maximum Gasteiger partial charge on any atom is 0.312 e. The molecular formula is C26H38O10. The molecule has 36 heavy (non-hydrogen) atoms. The number of allylic oxidation sites excluding steroid dienone is 1. The largest absolute Gasteiger partial charge is 0.462 e. The Hall–Kier alpha value is -2.46. The van der Waals surface area contributed by atoms with E-state index in [0.29, 0.717) is 12.8 Å². The summed E-state index contributed by atoms with van der Waals surface area (Å²) in [5.74, 6) is -5.08. The summed E-state index contributed by atoms with van der Waals surface area (Å²) in [5, 5.41) is 23.3. The van der Waals surface area contributed by atoms with Gasteiger partial charge in [-0.15, -0.1) is 0 Å². The molecule has 1 unspecified atom stereocenters. The first-order valence-electron chi connectivity index (χ1n) is 12.4. The number of carbonyl (C=O) groups excluding carboxylic acids is 4. The van der Waals surface area contributed by atoms with Crippen LogP contribution in [-0.2, 0) is 38.1 Å². The molecule has 202 valence electrons. The Labute approximate surface area is 211 Å². The van der Waals surface area contributed by atoms with E-state index < -0.39 is 83.2 Å².